The van der Waals surface area contributed by atoms with Crippen molar-refractivity contribution in [1.29, 1.82) is 0 Å². The van der Waals surface area contributed by atoms with Gasteiger partial charge in [-0.15, -0.1) is 0 Å². The summed E-state index contributed by atoms with van der Waals surface area (Å²) in [5.41, 5.74) is 0.656. The van der Waals surface area contributed by atoms with Crippen LogP contribution in [0, 0.1) is 0 Å². The van der Waals surface area contributed by atoms with Crippen LogP contribution in [0.1, 0.15) is 38.4 Å². The molecule has 0 saturated heterocycles. The van der Waals surface area contributed by atoms with E-state index in [1.165, 1.54) is 0 Å². The molecule has 2 aromatic carbocycles. The van der Waals surface area contributed by atoms with Gasteiger partial charge in [0.1, 0.15) is 0 Å². The maximum Gasteiger partial charge on any atom is 0.349 e. The molecule has 1 aliphatic rings. The zero-order valence-electron chi connectivity index (χ0n) is 15.5. The van der Waals surface area contributed by atoms with Crippen molar-refractivity contribution >= 4 is 5.97 Å². The van der Waals surface area contributed by atoms with Crippen molar-refractivity contribution in [2.24, 2.45) is 0 Å². The van der Waals surface area contributed by atoms with Crippen LogP contribution in [-0.2, 0) is 4.79 Å². The maximum atomic E-state index is 11.7. The van der Waals surface area contributed by atoms with Crippen LogP contribution in [0.5, 0.6) is 23.0 Å². The topological polar surface area (TPSA) is 74.2 Å². The van der Waals surface area contributed by atoms with Crippen LogP contribution in [0.3, 0.4) is 0 Å². The fraction of sp³-hybridized carbons (Fsp3) is 0.381. The summed E-state index contributed by atoms with van der Waals surface area (Å²) in [6.45, 7) is 5.06. The minimum atomic E-state index is -1.15. The van der Waals surface area contributed by atoms with E-state index in [-0.39, 0.29) is 0 Å². The Kier molecular flexibility index (Phi) is 6.06. The molecule has 1 heterocycles. The molecule has 0 amide bonds. The van der Waals surface area contributed by atoms with Gasteiger partial charge in [-0.2, -0.15) is 0 Å². The molecule has 3 rings (SSSR count). The van der Waals surface area contributed by atoms with Gasteiger partial charge < -0.3 is 24.1 Å². The zero-order chi connectivity index (χ0) is 19.2. The molecule has 0 radical (unpaired) electrons. The van der Waals surface area contributed by atoms with Crippen LogP contribution in [-0.4, -0.2) is 30.4 Å². The molecular weight excluding hydrogens is 348 g/mol. The van der Waals surface area contributed by atoms with Crippen molar-refractivity contribution < 1.29 is 28.8 Å². The van der Waals surface area contributed by atoms with Crippen molar-refractivity contribution in [3.05, 3.63) is 48.0 Å². The van der Waals surface area contributed by atoms with E-state index in [0.717, 1.165) is 12.8 Å². The molecule has 0 saturated carbocycles. The van der Waals surface area contributed by atoms with Crippen LogP contribution in [0.25, 0.3) is 0 Å². The number of para-hydroxylation sites is 2. The Hall–Kier alpha value is -2.89. The molecule has 6 nitrogen and oxygen atoms in total. The van der Waals surface area contributed by atoms with Crippen molar-refractivity contribution in [3.8, 4) is 23.0 Å². The van der Waals surface area contributed by atoms with Gasteiger partial charge in [0.25, 0.3) is 0 Å². The number of benzene rings is 2. The van der Waals surface area contributed by atoms with Gasteiger partial charge in [0.2, 0.25) is 6.10 Å². The lowest BCUT2D eigenvalue weighted by molar-refractivity contribution is -0.151. The summed E-state index contributed by atoms with van der Waals surface area (Å²) in [5.74, 6) is 1.05. The monoisotopic (exact) mass is 372 g/mol. The summed E-state index contributed by atoms with van der Waals surface area (Å²) < 4.78 is 23.1. The Balaban J connectivity index is 1.91. The Morgan fingerprint density at radius 3 is 2.44 bits per heavy atom. The Bertz CT molecular complexity index is 788. The van der Waals surface area contributed by atoms with Crippen molar-refractivity contribution in [2.45, 2.75) is 38.9 Å². The highest BCUT2D eigenvalue weighted by Gasteiger charge is 2.38. The summed E-state index contributed by atoms with van der Waals surface area (Å²) >= 11 is 0. The van der Waals surface area contributed by atoms with Gasteiger partial charge in [0.15, 0.2) is 29.1 Å². The van der Waals surface area contributed by atoms with Crippen molar-refractivity contribution in [2.75, 3.05) is 13.2 Å². The molecule has 6 heteroatoms. The molecule has 0 bridgehead atoms. The first-order valence-electron chi connectivity index (χ1n) is 9.18. The molecule has 2 unspecified atom stereocenters. The second-order valence-corrected chi connectivity index (χ2v) is 6.20. The molecule has 0 aromatic heterocycles. The van der Waals surface area contributed by atoms with Crippen LogP contribution in [0.15, 0.2) is 42.5 Å². The highest BCUT2D eigenvalue weighted by molar-refractivity contribution is 5.75. The first-order chi connectivity index (χ1) is 13.1. The van der Waals surface area contributed by atoms with E-state index in [1.54, 1.807) is 36.4 Å². The molecule has 1 aliphatic heterocycles. The van der Waals surface area contributed by atoms with Gasteiger partial charge in [0.05, 0.1) is 13.2 Å². The normalized spacial score (nSPS) is 18.0. The van der Waals surface area contributed by atoms with E-state index >= 15 is 0 Å². The van der Waals surface area contributed by atoms with Crippen LogP contribution < -0.4 is 18.9 Å². The number of carbonyl (C=O) groups is 1. The smallest absolute Gasteiger partial charge is 0.349 e. The number of aliphatic carboxylic acids is 1. The Morgan fingerprint density at radius 1 is 1.04 bits per heavy atom. The number of ether oxygens (including phenoxy) is 4. The van der Waals surface area contributed by atoms with E-state index in [1.807, 2.05) is 13.0 Å². The second-order valence-electron chi connectivity index (χ2n) is 6.20. The average molecular weight is 372 g/mol. The third-order valence-corrected chi connectivity index (χ3v) is 4.23. The van der Waals surface area contributed by atoms with E-state index in [2.05, 4.69) is 6.92 Å². The number of hydrogen-bond acceptors (Lipinski definition) is 5. The molecule has 0 aliphatic carbocycles. The van der Waals surface area contributed by atoms with Gasteiger partial charge in [-0.1, -0.05) is 31.5 Å². The molecule has 0 fully saturated rings. The van der Waals surface area contributed by atoms with Crippen molar-refractivity contribution in [3.63, 3.8) is 0 Å². The fourth-order valence-electron chi connectivity index (χ4n) is 2.88. The van der Waals surface area contributed by atoms with Crippen LogP contribution in [0.4, 0.5) is 0 Å². The SMILES string of the molecule is CCCCOc1ccc(C2Oc3ccccc3OC2C(=O)O)cc1OCC. The fourth-order valence-corrected chi connectivity index (χ4v) is 2.88. The van der Waals surface area contributed by atoms with Gasteiger partial charge in [0, 0.05) is 5.56 Å². The van der Waals surface area contributed by atoms with Gasteiger partial charge >= 0.3 is 5.97 Å². The summed E-state index contributed by atoms with van der Waals surface area (Å²) in [5, 5.41) is 9.61. The molecule has 2 aromatic rings. The summed E-state index contributed by atoms with van der Waals surface area (Å²) in [4.78, 5) is 11.7. The number of carboxylic acids is 1. The summed E-state index contributed by atoms with van der Waals surface area (Å²) in [6.07, 6.45) is 0.0438. The third kappa shape index (κ3) is 4.27. The third-order valence-electron chi connectivity index (χ3n) is 4.23. The lowest BCUT2D eigenvalue weighted by Crippen LogP contribution is -2.39. The maximum absolute atomic E-state index is 11.7. The molecule has 1 N–H and O–H groups in total. The standard InChI is InChI=1S/C21H24O6/c1-3-5-12-25-15-11-10-14(13-18(15)24-4-2)19-20(21(22)23)27-17-9-7-6-8-16(17)26-19/h6-11,13,19-20H,3-5,12H2,1-2H3,(H,22,23). The Labute approximate surface area is 158 Å². The number of fused-ring (bicyclic) bond motifs is 1. The summed E-state index contributed by atoms with van der Waals surface area (Å²) in [7, 11) is 0. The second kappa shape index (κ2) is 8.66. The first kappa shape index (κ1) is 18.9. The highest BCUT2D eigenvalue weighted by Crippen LogP contribution is 2.41. The number of rotatable bonds is 8. The largest absolute Gasteiger partial charge is 0.490 e. The van der Waals surface area contributed by atoms with E-state index in [4.69, 9.17) is 18.9 Å². The predicted molar refractivity (Wildman–Crippen MR) is 99.9 cm³/mol. The molecule has 27 heavy (non-hydrogen) atoms. The van der Waals surface area contributed by atoms with E-state index < -0.39 is 18.2 Å². The van der Waals surface area contributed by atoms with Crippen LogP contribution >= 0.6 is 0 Å². The molecule has 2 atom stereocenters. The summed E-state index contributed by atoms with van der Waals surface area (Å²) in [6, 6.07) is 12.4. The lowest BCUT2D eigenvalue weighted by atomic mass is 10.0. The predicted octanol–water partition coefficient (Wildman–Crippen LogP) is 4.23. The highest BCUT2D eigenvalue weighted by atomic mass is 16.6. The van der Waals surface area contributed by atoms with Gasteiger partial charge in [-0.25, -0.2) is 4.79 Å². The minimum absolute atomic E-state index is 0.422. The molecular formula is C21H24O6. The average Bonchev–Trinajstić information content (AvgIpc) is 2.68. The van der Waals surface area contributed by atoms with E-state index in [9.17, 15) is 9.90 Å². The lowest BCUT2D eigenvalue weighted by Gasteiger charge is -2.32. The number of hydrogen-bond donors (Lipinski definition) is 1. The van der Waals surface area contributed by atoms with E-state index in [0.29, 0.717) is 41.8 Å². The number of unbranched alkanes of at least 4 members (excludes halogenated alkanes) is 1. The van der Waals surface area contributed by atoms with Gasteiger partial charge in [-0.05, 0) is 37.6 Å². The zero-order valence-corrected chi connectivity index (χ0v) is 15.5. The van der Waals surface area contributed by atoms with Crippen LogP contribution in [0.2, 0.25) is 0 Å². The van der Waals surface area contributed by atoms with Gasteiger partial charge in [-0.3, -0.25) is 0 Å². The van der Waals surface area contributed by atoms with Crippen molar-refractivity contribution in [1.82, 2.24) is 0 Å². The quantitative estimate of drug-likeness (QED) is 0.699. The number of carboxylic acid groups (broad SMARTS) is 1. The minimum Gasteiger partial charge on any atom is -0.490 e. The first-order valence-corrected chi connectivity index (χ1v) is 9.18. The Morgan fingerprint density at radius 2 is 1.78 bits per heavy atom. The molecule has 0 spiro atoms. The molecule has 144 valence electrons.